The molecule has 0 amide bonds. The van der Waals surface area contributed by atoms with E-state index in [1.807, 2.05) is 70.2 Å². The Hall–Kier alpha value is -2.82. The lowest BCUT2D eigenvalue weighted by atomic mass is 9.83. The van der Waals surface area contributed by atoms with Crippen LogP contribution in [0.2, 0.25) is 0 Å². The van der Waals surface area contributed by atoms with Gasteiger partial charge in [0.2, 0.25) is 0 Å². The van der Waals surface area contributed by atoms with Crippen molar-refractivity contribution >= 4 is 22.3 Å². The zero-order valence-electron chi connectivity index (χ0n) is 19.4. The van der Waals surface area contributed by atoms with E-state index in [-0.39, 0.29) is 11.6 Å². The second-order valence-corrected chi connectivity index (χ2v) is 9.03. The van der Waals surface area contributed by atoms with Crippen LogP contribution in [0.1, 0.15) is 74.1 Å². The number of ketones is 2. The smallest absolute Gasteiger partial charge is 0.183 e. The molecule has 4 nitrogen and oxygen atoms in total. The summed E-state index contributed by atoms with van der Waals surface area (Å²) in [5.74, 6) is -0.0417. The SMILES string of the molecule is CCC(N)(CC)C(=O)c1ccc2c(c1)-c1ccc(C(=O)C(N)(CC)CC)c3cccc-2c13. The maximum absolute atomic E-state index is 13.4. The number of carbonyl (C=O) groups is 2. The van der Waals surface area contributed by atoms with E-state index in [1.54, 1.807) is 0 Å². The maximum atomic E-state index is 13.4. The van der Waals surface area contributed by atoms with Crippen molar-refractivity contribution < 1.29 is 9.59 Å². The third-order valence-corrected chi connectivity index (χ3v) is 7.58. The van der Waals surface area contributed by atoms with Crippen LogP contribution in [-0.4, -0.2) is 22.6 Å². The summed E-state index contributed by atoms with van der Waals surface area (Å²) in [5, 5.41) is 1.97. The fraction of sp³-hybridized carbons (Fsp3) is 0.357. The lowest BCUT2D eigenvalue weighted by Gasteiger charge is -2.25. The Labute approximate surface area is 190 Å². The standard InChI is InChI=1S/C28H32N2O2/c1-5-27(29,6-2)25(31)17-12-13-18-19-10-9-11-20-22(26(32)28(30,7-3)8-4)15-14-21(24(19)20)23(18)16-17/h9-16H,5-8,29-30H2,1-4H3. The quantitative estimate of drug-likeness (QED) is 0.343. The van der Waals surface area contributed by atoms with Gasteiger partial charge in [-0.15, -0.1) is 0 Å². The number of hydrogen-bond acceptors (Lipinski definition) is 4. The molecule has 0 saturated carbocycles. The Morgan fingerprint density at radius 2 is 1.25 bits per heavy atom. The van der Waals surface area contributed by atoms with Crippen LogP contribution >= 0.6 is 0 Å². The van der Waals surface area contributed by atoms with Gasteiger partial charge in [0.05, 0.1) is 11.1 Å². The Morgan fingerprint density at radius 3 is 1.88 bits per heavy atom. The molecule has 1 aliphatic carbocycles. The minimum Gasteiger partial charge on any atom is -0.319 e. The zero-order valence-corrected chi connectivity index (χ0v) is 19.4. The molecule has 0 bridgehead atoms. The third-order valence-electron chi connectivity index (χ3n) is 7.58. The summed E-state index contributed by atoms with van der Waals surface area (Å²) in [5.41, 5.74) is 16.7. The van der Waals surface area contributed by atoms with E-state index >= 15 is 0 Å². The van der Waals surface area contributed by atoms with Gasteiger partial charge >= 0.3 is 0 Å². The predicted octanol–water partition coefficient (Wildman–Crippen LogP) is 5.89. The highest BCUT2D eigenvalue weighted by Gasteiger charge is 2.34. The first-order valence-electron chi connectivity index (χ1n) is 11.6. The van der Waals surface area contributed by atoms with Crippen LogP contribution in [0, 0.1) is 0 Å². The number of rotatable bonds is 8. The van der Waals surface area contributed by atoms with E-state index in [0.29, 0.717) is 36.8 Å². The van der Waals surface area contributed by atoms with E-state index in [9.17, 15) is 9.59 Å². The predicted molar refractivity (Wildman–Crippen MR) is 132 cm³/mol. The second-order valence-electron chi connectivity index (χ2n) is 9.03. The summed E-state index contributed by atoms with van der Waals surface area (Å²) in [6.07, 6.45) is 2.37. The van der Waals surface area contributed by atoms with Gasteiger partial charge in [0, 0.05) is 11.1 Å². The Kier molecular flexibility index (Phi) is 5.56. The van der Waals surface area contributed by atoms with E-state index < -0.39 is 11.1 Å². The van der Waals surface area contributed by atoms with Crippen molar-refractivity contribution in [2.75, 3.05) is 0 Å². The van der Waals surface area contributed by atoms with Gasteiger partial charge in [-0.25, -0.2) is 0 Å². The first kappa shape index (κ1) is 22.4. The monoisotopic (exact) mass is 428 g/mol. The van der Waals surface area contributed by atoms with Crippen LogP contribution in [0.25, 0.3) is 33.0 Å². The van der Waals surface area contributed by atoms with Crippen LogP contribution in [0.15, 0.2) is 48.5 Å². The van der Waals surface area contributed by atoms with Crippen LogP contribution in [0.4, 0.5) is 0 Å². The fourth-order valence-electron chi connectivity index (χ4n) is 4.89. The van der Waals surface area contributed by atoms with Crippen molar-refractivity contribution in [2.45, 2.75) is 64.5 Å². The second kappa shape index (κ2) is 7.95. The largest absolute Gasteiger partial charge is 0.319 e. The lowest BCUT2D eigenvalue weighted by molar-refractivity contribution is 0.0874. The molecule has 4 N–H and O–H groups in total. The number of fused-ring (bicyclic) bond motifs is 3. The van der Waals surface area contributed by atoms with E-state index in [0.717, 1.165) is 33.0 Å². The number of Topliss-reactive ketones (excluding diaryl/α,β-unsaturated/α-hetero) is 2. The third kappa shape index (κ3) is 3.13. The number of hydrogen-bond donors (Lipinski definition) is 2. The number of benzene rings is 3. The van der Waals surface area contributed by atoms with Crippen molar-refractivity contribution in [1.29, 1.82) is 0 Å². The van der Waals surface area contributed by atoms with Gasteiger partial charge in [-0.1, -0.05) is 70.2 Å². The van der Waals surface area contributed by atoms with Gasteiger partial charge in [-0.3, -0.25) is 9.59 Å². The summed E-state index contributed by atoms with van der Waals surface area (Å²) in [6.45, 7) is 7.82. The van der Waals surface area contributed by atoms with Gasteiger partial charge in [0.1, 0.15) is 0 Å². The Bertz CT molecular complexity index is 1230. The Balaban J connectivity index is 1.89. The minimum atomic E-state index is -0.865. The van der Waals surface area contributed by atoms with Crippen molar-refractivity contribution in [3.63, 3.8) is 0 Å². The molecule has 32 heavy (non-hydrogen) atoms. The maximum Gasteiger partial charge on any atom is 0.183 e. The molecule has 3 aromatic carbocycles. The molecule has 0 heterocycles. The van der Waals surface area contributed by atoms with Crippen molar-refractivity contribution in [3.05, 3.63) is 59.7 Å². The highest BCUT2D eigenvalue weighted by molar-refractivity contribution is 6.22. The minimum absolute atomic E-state index is 0.0168. The molecule has 1 aliphatic rings. The van der Waals surface area contributed by atoms with Gasteiger partial charge in [0.25, 0.3) is 0 Å². The summed E-state index contributed by atoms with van der Waals surface area (Å²) in [6, 6.07) is 15.8. The number of carbonyl (C=O) groups excluding carboxylic acids is 2. The molecular weight excluding hydrogens is 396 g/mol. The molecule has 166 valence electrons. The molecule has 4 heteroatoms. The van der Waals surface area contributed by atoms with Crippen molar-refractivity contribution in [2.24, 2.45) is 11.5 Å². The molecule has 4 rings (SSSR count). The summed E-state index contributed by atoms with van der Waals surface area (Å²) >= 11 is 0. The summed E-state index contributed by atoms with van der Waals surface area (Å²) < 4.78 is 0. The summed E-state index contributed by atoms with van der Waals surface area (Å²) in [4.78, 5) is 26.6. The topological polar surface area (TPSA) is 86.2 Å². The van der Waals surface area contributed by atoms with E-state index in [4.69, 9.17) is 11.5 Å². The molecule has 0 unspecified atom stereocenters. The molecule has 0 fully saturated rings. The number of nitrogens with two attached hydrogens (primary N) is 2. The van der Waals surface area contributed by atoms with Crippen LogP contribution < -0.4 is 11.5 Å². The average molecular weight is 429 g/mol. The van der Waals surface area contributed by atoms with Crippen LogP contribution in [-0.2, 0) is 0 Å². The van der Waals surface area contributed by atoms with Gasteiger partial charge in [-0.05, 0) is 64.8 Å². The van der Waals surface area contributed by atoms with Crippen molar-refractivity contribution in [3.8, 4) is 22.3 Å². The molecule has 0 saturated heterocycles. The molecular formula is C28H32N2O2. The first-order valence-corrected chi connectivity index (χ1v) is 11.6. The summed E-state index contributed by atoms with van der Waals surface area (Å²) in [7, 11) is 0. The molecule has 0 radical (unpaired) electrons. The van der Waals surface area contributed by atoms with Crippen LogP contribution in [0.5, 0.6) is 0 Å². The molecule has 0 aliphatic heterocycles. The molecule has 0 spiro atoms. The highest BCUT2D eigenvalue weighted by atomic mass is 16.1. The highest BCUT2D eigenvalue weighted by Crippen LogP contribution is 2.48. The fourth-order valence-corrected chi connectivity index (χ4v) is 4.89. The van der Waals surface area contributed by atoms with Crippen molar-refractivity contribution in [1.82, 2.24) is 0 Å². The van der Waals surface area contributed by atoms with Gasteiger partial charge in [0.15, 0.2) is 11.6 Å². The van der Waals surface area contributed by atoms with E-state index in [1.165, 1.54) is 0 Å². The first-order chi connectivity index (χ1) is 15.2. The van der Waals surface area contributed by atoms with Crippen LogP contribution in [0.3, 0.4) is 0 Å². The Morgan fingerprint density at radius 1 is 0.688 bits per heavy atom. The zero-order chi connectivity index (χ0) is 23.3. The van der Waals surface area contributed by atoms with Gasteiger partial charge < -0.3 is 11.5 Å². The molecule has 3 aromatic rings. The molecule has 0 aromatic heterocycles. The normalized spacial score (nSPS) is 12.8. The van der Waals surface area contributed by atoms with Gasteiger partial charge in [-0.2, -0.15) is 0 Å². The lowest BCUT2D eigenvalue weighted by Crippen LogP contribution is -2.46. The average Bonchev–Trinajstić information content (AvgIpc) is 3.17. The molecule has 0 atom stereocenters. The van der Waals surface area contributed by atoms with E-state index in [2.05, 4.69) is 6.07 Å².